The van der Waals surface area contributed by atoms with E-state index in [9.17, 15) is 13.2 Å². The predicted octanol–water partition coefficient (Wildman–Crippen LogP) is 2.04. The van der Waals surface area contributed by atoms with Crippen LogP contribution in [0.15, 0.2) is 59.5 Å². The lowest BCUT2D eigenvalue weighted by atomic mass is 10.1. The van der Waals surface area contributed by atoms with Crippen molar-refractivity contribution in [2.24, 2.45) is 0 Å². The monoisotopic (exact) mass is 390 g/mol. The average molecular weight is 391 g/mol. The van der Waals surface area contributed by atoms with Crippen molar-refractivity contribution >= 4 is 15.9 Å². The molecule has 0 bridgehead atoms. The van der Waals surface area contributed by atoms with E-state index in [1.54, 1.807) is 26.2 Å². The van der Waals surface area contributed by atoms with Gasteiger partial charge in [0.15, 0.2) is 0 Å². The Labute approximate surface area is 161 Å². The molecular formula is C20H26N2O4S. The fraction of sp³-hybridized carbons (Fsp3) is 0.350. The van der Waals surface area contributed by atoms with E-state index in [1.165, 1.54) is 12.1 Å². The summed E-state index contributed by atoms with van der Waals surface area (Å²) in [7, 11) is -2.29. The molecule has 2 rings (SSSR count). The normalized spacial score (nSPS) is 13.7. The maximum absolute atomic E-state index is 12.7. The van der Waals surface area contributed by atoms with Crippen molar-refractivity contribution in [2.45, 2.75) is 37.2 Å². The van der Waals surface area contributed by atoms with Crippen molar-refractivity contribution in [3.63, 3.8) is 0 Å². The van der Waals surface area contributed by atoms with E-state index in [0.29, 0.717) is 6.61 Å². The van der Waals surface area contributed by atoms with Gasteiger partial charge in [-0.1, -0.05) is 48.0 Å². The highest BCUT2D eigenvalue weighted by atomic mass is 32.2. The molecule has 0 unspecified atom stereocenters. The van der Waals surface area contributed by atoms with Crippen molar-refractivity contribution in [2.75, 3.05) is 13.7 Å². The van der Waals surface area contributed by atoms with E-state index in [4.69, 9.17) is 4.74 Å². The first kappa shape index (κ1) is 21.1. The van der Waals surface area contributed by atoms with Gasteiger partial charge in [-0.25, -0.2) is 8.42 Å². The molecule has 0 saturated heterocycles. The van der Waals surface area contributed by atoms with Crippen LogP contribution in [-0.4, -0.2) is 40.1 Å². The maximum Gasteiger partial charge on any atom is 0.241 e. The number of amides is 1. The molecule has 146 valence electrons. The predicted molar refractivity (Wildman–Crippen MR) is 105 cm³/mol. The van der Waals surface area contributed by atoms with Crippen molar-refractivity contribution in [3.8, 4) is 0 Å². The van der Waals surface area contributed by atoms with Crippen LogP contribution >= 0.6 is 0 Å². The summed E-state index contributed by atoms with van der Waals surface area (Å²) in [5, 5.41) is 2.79. The van der Waals surface area contributed by atoms with Gasteiger partial charge in [-0.3, -0.25) is 4.79 Å². The van der Waals surface area contributed by atoms with E-state index in [2.05, 4.69) is 10.0 Å². The highest BCUT2D eigenvalue weighted by Gasteiger charge is 2.26. The number of hydrogen-bond acceptors (Lipinski definition) is 4. The third kappa shape index (κ3) is 6.46. The summed E-state index contributed by atoms with van der Waals surface area (Å²) in [4.78, 5) is 12.8. The van der Waals surface area contributed by atoms with Gasteiger partial charge < -0.3 is 10.1 Å². The molecule has 0 aliphatic carbocycles. The molecule has 2 N–H and O–H groups in total. The second-order valence-electron chi connectivity index (χ2n) is 6.54. The standard InChI is InChI=1S/C20H26N2O4S/c1-15-9-11-18(12-10-15)27(24,25)22-19(13-17-7-5-4-6-8-17)20(23)21-16(2)14-26-3/h4-12,16,19,22H,13-14H2,1-3H3,(H,21,23)/t16-,19+/m1/s1. The first-order valence-electron chi connectivity index (χ1n) is 8.74. The summed E-state index contributed by atoms with van der Waals surface area (Å²) < 4.78 is 33.1. The molecular weight excluding hydrogens is 364 g/mol. The maximum atomic E-state index is 12.7. The van der Waals surface area contributed by atoms with Crippen molar-refractivity contribution in [3.05, 3.63) is 65.7 Å². The smallest absolute Gasteiger partial charge is 0.241 e. The van der Waals surface area contributed by atoms with Gasteiger partial charge in [-0.05, 0) is 38.0 Å². The second-order valence-corrected chi connectivity index (χ2v) is 8.26. The van der Waals surface area contributed by atoms with Crippen molar-refractivity contribution in [1.82, 2.24) is 10.0 Å². The number of aryl methyl sites for hydroxylation is 1. The van der Waals surface area contributed by atoms with E-state index >= 15 is 0 Å². The first-order valence-corrected chi connectivity index (χ1v) is 10.2. The lowest BCUT2D eigenvalue weighted by Crippen LogP contribution is -2.50. The quantitative estimate of drug-likeness (QED) is 0.686. The number of sulfonamides is 1. The topological polar surface area (TPSA) is 84.5 Å². The Hall–Kier alpha value is -2.22. The summed E-state index contributed by atoms with van der Waals surface area (Å²) in [6.45, 7) is 4.02. The zero-order chi connectivity index (χ0) is 19.9. The van der Waals surface area contributed by atoms with Gasteiger partial charge in [0.1, 0.15) is 6.04 Å². The fourth-order valence-corrected chi connectivity index (χ4v) is 3.84. The zero-order valence-corrected chi connectivity index (χ0v) is 16.6. The highest BCUT2D eigenvalue weighted by molar-refractivity contribution is 7.89. The highest BCUT2D eigenvalue weighted by Crippen LogP contribution is 2.12. The van der Waals surface area contributed by atoms with Crippen LogP contribution < -0.4 is 10.0 Å². The minimum absolute atomic E-state index is 0.129. The van der Waals surface area contributed by atoms with Crippen LogP contribution in [0.3, 0.4) is 0 Å². The lowest BCUT2D eigenvalue weighted by Gasteiger charge is -2.21. The summed E-state index contributed by atoms with van der Waals surface area (Å²) in [5.74, 6) is -0.390. The summed E-state index contributed by atoms with van der Waals surface area (Å²) in [5.41, 5.74) is 1.82. The molecule has 0 spiro atoms. The number of benzene rings is 2. The molecule has 0 saturated carbocycles. The van der Waals surface area contributed by atoms with E-state index in [0.717, 1.165) is 11.1 Å². The van der Waals surface area contributed by atoms with Crippen LogP contribution in [0.25, 0.3) is 0 Å². The minimum Gasteiger partial charge on any atom is -0.383 e. The van der Waals surface area contributed by atoms with E-state index in [1.807, 2.05) is 37.3 Å². The van der Waals surface area contributed by atoms with Gasteiger partial charge in [0.2, 0.25) is 15.9 Å². The van der Waals surface area contributed by atoms with Crippen LogP contribution in [0, 0.1) is 6.92 Å². The molecule has 2 atom stereocenters. The molecule has 0 aliphatic rings. The number of methoxy groups -OCH3 is 1. The average Bonchev–Trinajstić information content (AvgIpc) is 2.62. The Kier molecular flexibility index (Phi) is 7.53. The van der Waals surface area contributed by atoms with Gasteiger partial charge in [0, 0.05) is 13.2 Å². The van der Waals surface area contributed by atoms with Gasteiger partial charge in [0.25, 0.3) is 0 Å². The largest absolute Gasteiger partial charge is 0.383 e. The lowest BCUT2D eigenvalue weighted by molar-refractivity contribution is -0.123. The molecule has 0 heterocycles. The summed E-state index contributed by atoms with van der Waals surface area (Å²) in [6.07, 6.45) is 0.247. The van der Waals surface area contributed by atoms with Gasteiger partial charge in [0.05, 0.1) is 11.5 Å². The third-order valence-electron chi connectivity index (χ3n) is 4.03. The molecule has 2 aromatic carbocycles. The Bertz CT molecular complexity index is 836. The Morgan fingerprint density at radius 2 is 1.70 bits per heavy atom. The molecule has 0 radical (unpaired) electrons. The van der Waals surface area contributed by atoms with Crippen molar-refractivity contribution in [1.29, 1.82) is 0 Å². The summed E-state index contributed by atoms with van der Waals surface area (Å²) >= 11 is 0. The SMILES string of the molecule is COC[C@@H](C)NC(=O)[C@H](Cc1ccccc1)NS(=O)(=O)c1ccc(C)cc1. The molecule has 6 nitrogen and oxygen atoms in total. The fourth-order valence-electron chi connectivity index (χ4n) is 2.65. The minimum atomic E-state index is -3.83. The summed E-state index contributed by atoms with van der Waals surface area (Å²) in [6, 6.07) is 14.6. The van der Waals surface area contributed by atoms with Crippen LogP contribution in [0.5, 0.6) is 0 Å². The van der Waals surface area contributed by atoms with Crippen LogP contribution in [-0.2, 0) is 26.0 Å². The second kappa shape index (κ2) is 9.64. The van der Waals surface area contributed by atoms with E-state index in [-0.39, 0.29) is 23.3 Å². The van der Waals surface area contributed by atoms with Crippen molar-refractivity contribution < 1.29 is 17.9 Å². The van der Waals surface area contributed by atoms with Gasteiger partial charge in [-0.15, -0.1) is 0 Å². The van der Waals surface area contributed by atoms with Gasteiger partial charge >= 0.3 is 0 Å². The number of carbonyl (C=O) groups is 1. The Balaban J connectivity index is 2.22. The van der Waals surface area contributed by atoms with Crippen LogP contribution in [0.1, 0.15) is 18.1 Å². The molecule has 0 fully saturated rings. The Morgan fingerprint density at radius 1 is 1.07 bits per heavy atom. The number of rotatable bonds is 9. The number of nitrogens with one attached hydrogen (secondary N) is 2. The van der Waals surface area contributed by atoms with Gasteiger partial charge in [-0.2, -0.15) is 4.72 Å². The van der Waals surface area contributed by atoms with Crippen LogP contribution in [0.2, 0.25) is 0 Å². The zero-order valence-electron chi connectivity index (χ0n) is 15.8. The molecule has 7 heteroatoms. The number of ether oxygens (including phenoxy) is 1. The Morgan fingerprint density at radius 3 is 2.30 bits per heavy atom. The molecule has 0 aliphatic heterocycles. The van der Waals surface area contributed by atoms with Crippen LogP contribution in [0.4, 0.5) is 0 Å². The number of hydrogen-bond donors (Lipinski definition) is 2. The molecule has 1 amide bonds. The first-order chi connectivity index (χ1) is 12.8. The number of carbonyl (C=O) groups excluding carboxylic acids is 1. The molecule has 27 heavy (non-hydrogen) atoms. The molecule has 0 aromatic heterocycles. The molecule has 2 aromatic rings. The third-order valence-corrected chi connectivity index (χ3v) is 5.52. The van der Waals surface area contributed by atoms with E-state index < -0.39 is 16.1 Å².